The zero-order valence-electron chi connectivity index (χ0n) is 19.7. The molecule has 0 radical (unpaired) electrons. The van der Waals surface area contributed by atoms with E-state index in [2.05, 4.69) is 48.5 Å². The molecule has 0 saturated heterocycles. The van der Waals surface area contributed by atoms with Crippen LogP contribution >= 0.6 is 0 Å². The van der Waals surface area contributed by atoms with Crippen LogP contribution in [0.2, 0.25) is 0 Å². The number of hydrogen-bond acceptors (Lipinski definition) is 4. The molecule has 2 aromatic heterocycles. The highest BCUT2D eigenvalue weighted by atomic mass is 16.5. The minimum Gasteiger partial charge on any atom is -0.504 e. The lowest BCUT2D eigenvalue weighted by Crippen LogP contribution is -2.10. The maximum atomic E-state index is 10.2. The van der Waals surface area contributed by atoms with Gasteiger partial charge in [-0.2, -0.15) is 0 Å². The van der Waals surface area contributed by atoms with E-state index < -0.39 is 0 Å². The quantitative estimate of drug-likeness (QED) is 0.299. The molecule has 0 bridgehead atoms. The number of hydrogen-bond donors (Lipinski definition) is 3. The monoisotopic (exact) mass is 438 g/mol. The predicted molar refractivity (Wildman–Crippen MR) is 130 cm³/mol. The maximum absolute atomic E-state index is 10.2. The fourth-order valence-electron chi connectivity index (χ4n) is 3.83. The Balaban J connectivity index is 1.48. The summed E-state index contributed by atoms with van der Waals surface area (Å²) < 4.78 is 11.8. The highest BCUT2D eigenvalue weighted by Crippen LogP contribution is 2.28. The first-order valence-electron chi connectivity index (χ1n) is 11.9. The summed E-state index contributed by atoms with van der Waals surface area (Å²) in [5.41, 5.74) is 3.62. The van der Waals surface area contributed by atoms with Crippen molar-refractivity contribution in [3.05, 3.63) is 70.9 Å². The van der Waals surface area contributed by atoms with Gasteiger partial charge in [-0.25, -0.2) is 0 Å². The summed E-state index contributed by atoms with van der Waals surface area (Å²) in [6.45, 7) is 5.97. The van der Waals surface area contributed by atoms with Crippen LogP contribution in [0, 0.1) is 0 Å². The molecule has 0 fully saturated rings. The minimum atomic E-state index is 0.182. The van der Waals surface area contributed by atoms with Gasteiger partial charge in [0.15, 0.2) is 11.5 Å². The van der Waals surface area contributed by atoms with Gasteiger partial charge in [0.25, 0.3) is 0 Å². The molecule has 1 aromatic carbocycles. The van der Waals surface area contributed by atoms with Crippen molar-refractivity contribution in [1.82, 2.24) is 10.3 Å². The van der Waals surface area contributed by atoms with Crippen LogP contribution < -0.4 is 10.1 Å². The number of unbranched alkanes of at least 4 members (excludes halogenated alkanes) is 1. The highest BCUT2D eigenvalue weighted by Gasteiger charge is 2.10. The molecule has 174 valence electrons. The molecule has 3 aromatic rings. The Morgan fingerprint density at radius 3 is 2.66 bits per heavy atom. The number of H-pyrrole nitrogens is 1. The molecular weight excluding hydrogens is 400 g/mol. The van der Waals surface area contributed by atoms with Crippen LogP contribution in [0.3, 0.4) is 0 Å². The Morgan fingerprint density at radius 2 is 1.88 bits per heavy atom. The topological polar surface area (TPSA) is 70.4 Å². The van der Waals surface area contributed by atoms with E-state index >= 15 is 0 Å². The summed E-state index contributed by atoms with van der Waals surface area (Å²) in [5, 5.41) is 13.4. The number of aromatic hydroxyl groups is 1. The van der Waals surface area contributed by atoms with Crippen LogP contribution in [-0.4, -0.2) is 30.3 Å². The first-order valence-corrected chi connectivity index (χ1v) is 11.9. The van der Waals surface area contributed by atoms with Crippen molar-refractivity contribution in [1.29, 1.82) is 0 Å². The average Bonchev–Trinajstić information content (AvgIpc) is 3.46. The minimum absolute atomic E-state index is 0.182. The second kappa shape index (κ2) is 12.4. The molecule has 0 spiro atoms. The number of furan rings is 1. The van der Waals surface area contributed by atoms with Gasteiger partial charge in [0.05, 0.1) is 6.61 Å². The van der Waals surface area contributed by atoms with E-state index in [-0.39, 0.29) is 5.75 Å². The summed E-state index contributed by atoms with van der Waals surface area (Å²) in [6, 6.07) is 12.0. The Bertz CT molecular complexity index is 944. The van der Waals surface area contributed by atoms with E-state index in [1.165, 1.54) is 12.0 Å². The molecule has 32 heavy (non-hydrogen) atoms. The molecule has 0 aliphatic heterocycles. The smallest absolute Gasteiger partial charge is 0.161 e. The van der Waals surface area contributed by atoms with E-state index in [1.807, 2.05) is 19.2 Å². The third-order valence-corrected chi connectivity index (χ3v) is 5.97. The number of aryl methyl sites for hydroxylation is 3. The fraction of sp³-hybridized carbons (Fsp3) is 0.481. The molecule has 1 atom stereocenters. The van der Waals surface area contributed by atoms with Crippen molar-refractivity contribution in [2.45, 2.75) is 64.7 Å². The lowest BCUT2D eigenvalue weighted by molar-refractivity contribution is 0.302. The number of rotatable bonds is 14. The summed E-state index contributed by atoms with van der Waals surface area (Å²) in [4.78, 5) is 3.36. The Morgan fingerprint density at radius 1 is 1.06 bits per heavy atom. The summed E-state index contributed by atoms with van der Waals surface area (Å²) in [7, 11) is 1.98. The molecule has 5 nitrogen and oxygen atoms in total. The van der Waals surface area contributed by atoms with E-state index in [0.717, 1.165) is 67.8 Å². The Hall–Kier alpha value is -2.66. The molecule has 0 aliphatic rings. The van der Waals surface area contributed by atoms with Crippen LogP contribution in [0.5, 0.6) is 11.5 Å². The molecule has 0 saturated carbocycles. The second-order valence-corrected chi connectivity index (χ2v) is 8.62. The first-order chi connectivity index (χ1) is 15.6. The number of ether oxygens (including phenoxy) is 1. The highest BCUT2D eigenvalue weighted by molar-refractivity contribution is 5.42. The van der Waals surface area contributed by atoms with Gasteiger partial charge in [-0.1, -0.05) is 26.3 Å². The third kappa shape index (κ3) is 7.20. The van der Waals surface area contributed by atoms with Crippen molar-refractivity contribution in [2.75, 3.05) is 20.2 Å². The van der Waals surface area contributed by atoms with Crippen LogP contribution in [-0.2, 0) is 25.7 Å². The molecule has 0 aliphatic carbocycles. The van der Waals surface area contributed by atoms with Gasteiger partial charge in [0.2, 0.25) is 0 Å². The summed E-state index contributed by atoms with van der Waals surface area (Å²) in [6.07, 6.45) is 9.01. The standard InChI is InChI=1S/C27H38N2O3/c1-4-5-6-24-10-11-25(32-24)9-7-21-8-12-26(30)27(17-21)31-16-14-23-18-22(19-29-23)20(2)13-15-28-3/h8,10-12,17-20,28-30H,4-7,9,13-16H2,1-3H3. The number of aromatic nitrogens is 1. The van der Waals surface area contributed by atoms with Crippen LogP contribution in [0.25, 0.3) is 0 Å². The van der Waals surface area contributed by atoms with Crippen molar-refractivity contribution in [3.63, 3.8) is 0 Å². The van der Waals surface area contributed by atoms with E-state index in [1.54, 1.807) is 6.07 Å². The second-order valence-electron chi connectivity index (χ2n) is 8.62. The Labute approximate surface area is 192 Å². The van der Waals surface area contributed by atoms with E-state index in [9.17, 15) is 5.11 Å². The lowest BCUT2D eigenvalue weighted by atomic mass is 10.0. The number of aromatic amines is 1. The van der Waals surface area contributed by atoms with Crippen molar-refractivity contribution in [3.8, 4) is 11.5 Å². The van der Waals surface area contributed by atoms with E-state index in [0.29, 0.717) is 18.3 Å². The van der Waals surface area contributed by atoms with Crippen LogP contribution in [0.1, 0.15) is 67.4 Å². The average molecular weight is 439 g/mol. The number of phenols is 1. The molecule has 1 unspecified atom stereocenters. The van der Waals surface area contributed by atoms with Crippen LogP contribution in [0.15, 0.2) is 47.0 Å². The summed E-state index contributed by atoms with van der Waals surface area (Å²) in [5.74, 6) is 3.32. The van der Waals surface area contributed by atoms with Crippen LogP contribution in [0.4, 0.5) is 0 Å². The number of phenolic OH excluding ortho intramolecular Hbond substituents is 1. The summed E-state index contributed by atoms with van der Waals surface area (Å²) >= 11 is 0. The maximum Gasteiger partial charge on any atom is 0.161 e. The molecule has 0 amide bonds. The third-order valence-electron chi connectivity index (χ3n) is 5.97. The molecule has 5 heteroatoms. The van der Waals surface area contributed by atoms with Crippen molar-refractivity contribution in [2.24, 2.45) is 0 Å². The van der Waals surface area contributed by atoms with Gasteiger partial charge in [-0.15, -0.1) is 0 Å². The van der Waals surface area contributed by atoms with Gasteiger partial charge in [-0.3, -0.25) is 0 Å². The van der Waals surface area contributed by atoms with Gasteiger partial charge in [0, 0.05) is 31.2 Å². The van der Waals surface area contributed by atoms with Gasteiger partial charge in [0.1, 0.15) is 11.5 Å². The van der Waals surface area contributed by atoms with Crippen molar-refractivity contribution < 1.29 is 14.3 Å². The number of benzene rings is 1. The predicted octanol–water partition coefficient (Wildman–Crippen LogP) is 5.78. The normalized spacial score (nSPS) is 12.2. The Kier molecular flexibility index (Phi) is 9.29. The van der Waals surface area contributed by atoms with E-state index in [4.69, 9.17) is 9.15 Å². The van der Waals surface area contributed by atoms with Gasteiger partial charge >= 0.3 is 0 Å². The fourth-order valence-corrected chi connectivity index (χ4v) is 3.83. The SMILES string of the molecule is CCCCc1ccc(CCc2ccc(O)c(OCCc3cc(C(C)CCNC)c[nH]3)c2)o1. The molecular formula is C27H38N2O3. The zero-order valence-corrected chi connectivity index (χ0v) is 19.7. The zero-order chi connectivity index (χ0) is 22.8. The molecule has 2 heterocycles. The molecule has 3 N–H and O–H groups in total. The molecule has 3 rings (SSSR count). The lowest BCUT2D eigenvalue weighted by Gasteiger charge is -2.10. The number of nitrogens with one attached hydrogen (secondary N) is 2. The first kappa shape index (κ1) is 24.0. The van der Waals surface area contributed by atoms with Gasteiger partial charge < -0.3 is 24.6 Å². The van der Waals surface area contributed by atoms with Gasteiger partial charge in [-0.05, 0) is 80.2 Å². The largest absolute Gasteiger partial charge is 0.504 e. The van der Waals surface area contributed by atoms with Crippen molar-refractivity contribution >= 4 is 0 Å².